The normalized spacial score (nSPS) is 10.8. The number of nitrogens with zero attached hydrogens (tertiary/aromatic N) is 4. The predicted octanol–water partition coefficient (Wildman–Crippen LogP) is 1.43. The van der Waals surface area contributed by atoms with Crippen molar-refractivity contribution in [3.05, 3.63) is 33.8 Å². The van der Waals surface area contributed by atoms with Gasteiger partial charge in [-0.2, -0.15) is 10.2 Å². The molecular weight excluding hydrogens is 288 g/mol. The fourth-order valence-corrected chi connectivity index (χ4v) is 2.03. The Morgan fingerprint density at radius 2 is 2.24 bits per heavy atom. The Morgan fingerprint density at radius 1 is 1.53 bits per heavy atom. The van der Waals surface area contributed by atoms with Crippen LogP contribution in [0.1, 0.15) is 21.9 Å². The Kier molecular flexibility index (Phi) is 3.01. The van der Waals surface area contributed by atoms with Crippen LogP contribution in [0.3, 0.4) is 0 Å². The van der Waals surface area contributed by atoms with Gasteiger partial charge in [-0.25, -0.2) is 4.79 Å². The molecular formula is C10H11BrN4O2. The first-order valence-electron chi connectivity index (χ1n) is 4.93. The molecule has 17 heavy (non-hydrogen) atoms. The molecule has 0 saturated heterocycles. The number of carbonyl (C=O) groups is 1. The number of carboxylic acid groups (broad SMARTS) is 1. The quantitative estimate of drug-likeness (QED) is 0.930. The Hall–Kier alpha value is -1.63. The van der Waals surface area contributed by atoms with Gasteiger partial charge >= 0.3 is 5.97 Å². The third kappa shape index (κ3) is 2.23. The second-order valence-electron chi connectivity index (χ2n) is 3.67. The number of rotatable bonds is 3. The Balaban J connectivity index is 2.28. The fraction of sp³-hybridized carbons (Fsp3) is 0.300. The topological polar surface area (TPSA) is 72.9 Å². The molecule has 7 heteroatoms. The molecule has 0 saturated carbocycles. The third-order valence-electron chi connectivity index (χ3n) is 2.43. The van der Waals surface area contributed by atoms with Crippen molar-refractivity contribution in [2.24, 2.45) is 7.05 Å². The maximum absolute atomic E-state index is 10.7. The van der Waals surface area contributed by atoms with E-state index in [-0.39, 0.29) is 5.69 Å². The molecule has 0 aliphatic rings. The smallest absolute Gasteiger partial charge is 0.356 e. The lowest BCUT2D eigenvalue weighted by atomic mass is 10.3. The van der Waals surface area contributed by atoms with Gasteiger partial charge in [0.1, 0.15) is 0 Å². The van der Waals surface area contributed by atoms with Crippen molar-refractivity contribution >= 4 is 21.9 Å². The predicted molar refractivity (Wildman–Crippen MR) is 63.9 cm³/mol. The van der Waals surface area contributed by atoms with Crippen LogP contribution in [-0.2, 0) is 13.6 Å². The van der Waals surface area contributed by atoms with E-state index in [1.54, 1.807) is 15.6 Å². The lowest BCUT2D eigenvalue weighted by molar-refractivity contribution is 0.0689. The molecule has 2 heterocycles. The van der Waals surface area contributed by atoms with Gasteiger partial charge in [-0.05, 0) is 28.9 Å². The summed E-state index contributed by atoms with van der Waals surface area (Å²) in [7, 11) is 1.84. The van der Waals surface area contributed by atoms with Gasteiger partial charge in [0.25, 0.3) is 0 Å². The van der Waals surface area contributed by atoms with Gasteiger partial charge in [0.2, 0.25) is 0 Å². The molecule has 0 aliphatic heterocycles. The van der Waals surface area contributed by atoms with Crippen LogP contribution in [-0.4, -0.2) is 30.6 Å². The van der Waals surface area contributed by atoms with E-state index >= 15 is 0 Å². The summed E-state index contributed by atoms with van der Waals surface area (Å²) < 4.78 is 4.25. The fourth-order valence-electron chi connectivity index (χ4n) is 1.57. The van der Waals surface area contributed by atoms with Crippen LogP contribution in [0.2, 0.25) is 0 Å². The highest BCUT2D eigenvalue weighted by molar-refractivity contribution is 9.10. The second kappa shape index (κ2) is 4.33. The molecule has 0 unspecified atom stereocenters. The molecule has 1 N–H and O–H groups in total. The van der Waals surface area contributed by atoms with Crippen molar-refractivity contribution < 1.29 is 9.90 Å². The maximum Gasteiger partial charge on any atom is 0.356 e. The average molecular weight is 299 g/mol. The molecule has 2 rings (SSSR count). The van der Waals surface area contributed by atoms with Gasteiger partial charge in [0.05, 0.1) is 22.4 Å². The Bertz CT molecular complexity index is 573. The number of aryl methyl sites for hydroxylation is 2. The SMILES string of the molecule is Cc1nn(C)c(Cn2ccc(C(=O)O)n2)c1Br. The highest BCUT2D eigenvalue weighted by Crippen LogP contribution is 2.20. The summed E-state index contributed by atoms with van der Waals surface area (Å²) in [6.45, 7) is 2.38. The van der Waals surface area contributed by atoms with Crippen molar-refractivity contribution in [3.8, 4) is 0 Å². The van der Waals surface area contributed by atoms with Crippen LogP contribution in [0.5, 0.6) is 0 Å². The minimum absolute atomic E-state index is 0.0417. The monoisotopic (exact) mass is 298 g/mol. The molecule has 0 aromatic carbocycles. The van der Waals surface area contributed by atoms with Gasteiger partial charge in [-0.3, -0.25) is 9.36 Å². The molecule has 2 aromatic rings. The van der Waals surface area contributed by atoms with Gasteiger partial charge in [0.15, 0.2) is 5.69 Å². The van der Waals surface area contributed by atoms with Crippen LogP contribution >= 0.6 is 15.9 Å². The first-order chi connectivity index (χ1) is 7.99. The van der Waals surface area contributed by atoms with Gasteiger partial charge in [-0.15, -0.1) is 0 Å². The lowest BCUT2D eigenvalue weighted by Gasteiger charge is -2.03. The van der Waals surface area contributed by atoms with E-state index in [4.69, 9.17) is 5.11 Å². The van der Waals surface area contributed by atoms with Crippen molar-refractivity contribution in [3.63, 3.8) is 0 Å². The number of hydrogen-bond acceptors (Lipinski definition) is 3. The molecule has 0 fully saturated rings. The van der Waals surface area contributed by atoms with E-state index in [2.05, 4.69) is 26.1 Å². The summed E-state index contributed by atoms with van der Waals surface area (Å²) in [4.78, 5) is 10.7. The molecule has 6 nitrogen and oxygen atoms in total. The molecule has 0 atom stereocenters. The number of aromatic carboxylic acids is 1. The summed E-state index contributed by atoms with van der Waals surface area (Å²) in [5, 5.41) is 17.0. The molecule has 0 amide bonds. The second-order valence-corrected chi connectivity index (χ2v) is 4.47. The highest BCUT2D eigenvalue weighted by atomic mass is 79.9. The van der Waals surface area contributed by atoms with Crippen LogP contribution in [0.25, 0.3) is 0 Å². The largest absolute Gasteiger partial charge is 0.476 e. The Labute approximate surface area is 106 Å². The lowest BCUT2D eigenvalue weighted by Crippen LogP contribution is -2.08. The van der Waals surface area contributed by atoms with E-state index in [0.29, 0.717) is 6.54 Å². The van der Waals surface area contributed by atoms with Gasteiger partial charge in [0, 0.05) is 13.2 Å². The number of carboxylic acids is 1. The van der Waals surface area contributed by atoms with Crippen molar-refractivity contribution in [1.29, 1.82) is 0 Å². The zero-order valence-corrected chi connectivity index (χ0v) is 11.0. The standard InChI is InChI=1S/C10H11BrN4O2/c1-6-9(11)8(14(2)12-6)5-15-4-3-7(13-15)10(16)17/h3-4H,5H2,1-2H3,(H,16,17). The van der Waals surface area contributed by atoms with Crippen LogP contribution in [0, 0.1) is 6.92 Å². The summed E-state index contributed by atoms with van der Waals surface area (Å²) >= 11 is 3.45. The van der Waals surface area contributed by atoms with Crippen LogP contribution < -0.4 is 0 Å². The van der Waals surface area contributed by atoms with Crippen LogP contribution in [0.15, 0.2) is 16.7 Å². The van der Waals surface area contributed by atoms with Crippen molar-refractivity contribution in [2.45, 2.75) is 13.5 Å². The summed E-state index contributed by atoms with van der Waals surface area (Å²) in [6.07, 6.45) is 1.64. The van der Waals surface area contributed by atoms with E-state index < -0.39 is 5.97 Å². The molecule has 0 radical (unpaired) electrons. The van der Waals surface area contributed by atoms with Crippen molar-refractivity contribution in [1.82, 2.24) is 19.6 Å². The summed E-state index contributed by atoms with van der Waals surface area (Å²) in [5.41, 5.74) is 1.88. The van der Waals surface area contributed by atoms with E-state index in [1.807, 2.05) is 14.0 Å². The first-order valence-corrected chi connectivity index (χ1v) is 5.73. The molecule has 0 aliphatic carbocycles. The molecule has 90 valence electrons. The zero-order valence-electron chi connectivity index (χ0n) is 9.38. The highest BCUT2D eigenvalue weighted by Gasteiger charge is 2.13. The minimum atomic E-state index is -1.02. The van der Waals surface area contributed by atoms with E-state index in [9.17, 15) is 4.79 Å². The third-order valence-corrected chi connectivity index (χ3v) is 3.46. The Morgan fingerprint density at radius 3 is 2.71 bits per heavy atom. The number of aromatic nitrogens is 4. The minimum Gasteiger partial charge on any atom is -0.476 e. The number of halogens is 1. The molecule has 2 aromatic heterocycles. The maximum atomic E-state index is 10.7. The van der Waals surface area contributed by atoms with Crippen molar-refractivity contribution in [2.75, 3.05) is 0 Å². The van der Waals surface area contributed by atoms with Gasteiger partial charge in [-0.1, -0.05) is 0 Å². The molecule has 0 spiro atoms. The van der Waals surface area contributed by atoms with E-state index in [0.717, 1.165) is 15.9 Å². The van der Waals surface area contributed by atoms with Crippen LogP contribution in [0.4, 0.5) is 0 Å². The number of hydrogen-bond donors (Lipinski definition) is 1. The summed E-state index contributed by atoms with van der Waals surface area (Å²) in [5.74, 6) is -1.02. The van der Waals surface area contributed by atoms with Gasteiger partial charge < -0.3 is 5.11 Å². The summed E-state index contributed by atoms with van der Waals surface area (Å²) in [6, 6.07) is 1.47. The van der Waals surface area contributed by atoms with E-state index in [1.165, 1.54) is 6.07 Å². The average Bonchev–Trinajstić information content (AvgIpc) is 2.80. The zero-order chi connectivity index (χ0) is 12.6. The molecule has 0 bridgehead atoms. The first kappa shape index (κ1) is 11.8.